The van der Waals surface area contributed by atoms with Crippen molar-refractivity contribution in [1.82, 2.24) is 5.32 Å². The number of alkyl halides is 1. The van der Waals surface area contributed by atoms with Gasteiger partial charge in [0.1, 0.15) is 5.60 Å². The third-order valence-corrected chi connectivity index (χ3v) is 2.17. The van der Waals surface area contributed by atoms with Gasteiger partial charge in [-0.05, 0) is 39.0 Å². The molecule has 1 aliphatic rings. The molecule has 1 saturated carbocycles. The topological polar surface area (TPSA) is 38.3 Å². The predicted molar refractivity (Wildman–Crippen MR) is 51.8 cm³/mol. The van der Waals surface area contributed by atoms with Crippen LogP contribution in [-0.2, 0) is 4.74 Å². The highest BCUT2D eigenvalue weighted by Gasteiger charge is 2.37. The van der Waals surface area contributed by atoms with E-state index in [1.807, 2.05) is 20.8 Å². The van der Waals surface area contributed by atoms with Crippen molar-refractivity contribution in [3.05, 3.63) is 0 Å². The van der Waals surface area contributed by atoms with Crippen LogP contribution in [0.2, 0.25) is 0 Å². The summed E-state index contributed by atoms with van der Waals surface area (Å²) in [5.41, 5.74) is -0.465. The highest BCUT2D eigenvalue weighted by Crippen LogP contribution is 2.37. The Hall–Kier alpha value is -0.800. The van der Waals surface area contributed by atoms with Crippen LogP contribution < -0.4 is 5.32 Å². The molecule has 0 aromatic heterocycles. The minimum absolute atomic E-state index is 0.157. The number of hydrogen-bond acceptors (Lipinski definition) is 2. The van der Waals surface area contributed by atoms with E-state index in [1.165, 1.54) is 0 Å². The zero-order valence-corrected chi connectivity index (χ0v) is 8.97. The zero-order valence-electron chi connectivity index (χ0n) is 8.97. The molecular formula is C10H18FNO2. The first-order valence-corrected chi connectivity index (χ1v) is 4.95. The summed E-state index contributed by atoms with van der Waals surface area (Å²) in [5.74, 6) is 0.470. The van der Waals surface area contributed by atoms with Crippen LogP contribution in [0, 0.1) is 11.8 Å². The number of rotatable bonds is 3. The standard InChI is InChI=1S/C10H18FNO2/c1-10(2,3)14-9(13)12-6-8-4-7(8)5-11/h7-8H,4-6H2,1-3H3,(H,12,13)/t7-,8+/m1/s1. The molecule has 0 aromatic rings. The van der Waals surface area contributed by atoms with Gasteiger partial charge in [-0.3, -0.25) is 4.39 Å². The second-order valence-corrected chi connectivity index (χ2v) is 4.79. The smallest absolute Gasteiger partial charge is 0.407 e. The highest BCUT2D eigenvalue weighted by molar-refractivity contribution is 5.67. The molecule has 2 atom stereocenters. The lowest BCUT2D eigenvalue weighted by molar-refractivity contribution is 0.0524. The Balaban J connectivity index is 2.10. The SMILES string of the molecule is CC(C)(C)OC(=O)NC[C@@H]1C[C@@H]1CF. The summed E-state index contributed by atoms with van der Waals surface area (Å²) < 4.78 is 17.1. The van der Waals surface area contributed by atoms with Gasteiger partial charge in [-0.1, -0.05) is 0 Å². The Morgan fingerprint density at radius 3 is 2.57 bits per heavy atom. The maximum absolute atomic E-state index is 12.1. The van der Waals surface area contributed by atoms with Gasteiger partial charge in [-0.25, -0.2) is 4.79 Å². The lowest BCUT2D eigenvalue weighted by atomic mass is 10.2. The third kappa shape index (κ3) is 3.94. The van der Waals surface area contributed by atoms with E-state index in [0.29, 0.717) is 12.5 Å². The number of carbonyl (C=O) groups excluding carboxylic acids is 1. The normalized spacial score (nSPS) is 25.7. The summed E-state index contributed by atoms with van der Waals surface area (Å²) in [7, 11) is 0. The van der Waals surface area contributed by atoms with Crippen LogP contribution in [0.3, 0.4) is 0 Å². The molecule has 3 nitrogen and oxygen atoms in total. The number of nitrogens with one attached hydrogen (secondary N) is 1. The van der Waals surface area contributed by atoms with E-state index in [0.717, 1.165) is 6.42 Å². The summed E-state index contributed by atoms with van der Waals surface area (Å²) in [6.07, 6.45) is 0.466. The van der Waals surface area contributed by atoms with Gasteiger partial charge in [0.2, 0.25) is 0 Å². The molecular weight excluding hydrogens is 185 g/mol. The molecule has 0 aromatic carbocycles. The van der Waals surface area contributed by atoms with Crippen molar-refractivity contribution in [3.63, 3.8) is 0 Å². The summed E-state index contributed by atoms with van der Waals surface area (Å²) in [6, 6.07) is 0. The number of halogens is 1. The van der Waals surface area contributed by atoms with Gasteiger partial charge >= 0.3 is 6.09 Å². The van der Waals surface area contributed by atoms with Gasteiger partial charge in [0.05, 0.1) is 6.67 Å². The first-order chi connectivity index (χ1) is 6.42. The maximum atomic E-state index is 12.1. The van der Waals surface area contributed by atoms with E-state index in [4.69, 9.17) is 4.74 Å². The molecule has 0 saturated heterocycles. The summed E-state index contributed by atoms with van der Waals surface area (Å²) in [6.45, 7) is 5.69. The fourth-order valence-corrected chi connectivity index (χ4v) is 1.28. The zero-order chi connectivity index (χ0) is 10.8. The summed E-state index contributed by atoms with van der Waals surface area (Å²) in [5, 5.41) is 2.64. The van der Waals surface area contributed by atoms with E-state index in [9.17, 15) is 9.18 Å². The van der Waals surface area contributed by atoms with Crippen molar-refractivity contribution < 1.29 is 13.9 Å². The van der Waals surface area contributed by atoms with Crippen LogP contribution in [-0.4, -0.2) is 24.9 Å². The van der Waals surface area contributed by atoms with Crippen LogP contribution in [0.15, 0.2) is 0 Å². The van der Waals surface area contributed by atoms with Crippen LogP contribution in [0.4, 0.5) is 9.18 Å². The molecule has 0 unspecified atom stereocenters. The van der Waals surface area contributed by atoms with Crippen LogP contribution in [0.1, 0.15) is 27.2 Å². The van der Waals surface area contributed by atoms with Crippen molar-refractivity contribution in [2.45, 2.75) is 32.8 Å². The van der Waals surface area contributed by atoms with Gasteiger partial charge in [-0.15, -0.1) is 0 Å². The molecule has 1 aliphatic carbocycles. The molecule has 82 valence electrons. The summed E-state index contributed by atoms with van der Waals surface area (Å²) >= 11 is 0. The van der Waals surface area contributed by atoms with Crippen LogP contribution in [0.25, 0.3) is 0 Å². The number of alkyl carbamates (subject to hydrolysis) is 1. The Morgan fingerprint density at radius 2 is 2.14 bits per heavy atom. The van der Waals surface area contributed by atoms with Crippen molar-refractivity contribution in [2.24, 2.45) is 11.8 Å². The van der Waals surface area contributed by atoms with E-state index in [2.05, 4.69) is 5.32 Å². The minimum atomic E-state index is -0.465. The molecule has 1 rings (SSSR count). The maximum Gasteiger partial charge on any atom is 0.407 e. The molecule has 4 heteroatoms. The Morgan fingerprint density at radius 1 is 1.50 bits per heavy atom. The third-order valence-electron chi connectivity index (χ3n) is 2.17. The first-order valence-electron chi connectivity index (χ1n) is 4.95. The fraction of sp³-hybridized carbons (Fsp3) is 0.900. The minimum Gasteiger partial charge on any atom is -0.444 e. The van der Waals surface area contributed by atoms with Crippen molar-refractivity contribution in [2.75, 3.05) is 13.2 Å². The van der Waals surface area contributed by atoms with E-state index in [1.54, 1.807) is 0 Å². The van der Waals surface area contributed by atoms with Crippen molar-refractivity contribution in [1.29, 1.82) is 0 Å². The molecule has 14 heavy (non-hydrogen) atoms. The van der Waals surface area contributed by atoms with Crippen molar-refractivity contribution in [3.8, 4) is 0 Å². The van der Waals surface area contributed by atoms with Crippen LogP contribution in [0.5, 0.6) is 0 Å². The number of ether oxygens (including phenoxy) is 1. The Labute approximate surface area is 84.0 Å². The second-order valence-electron chi connectivity index (χ2n) is 4.79. The average molecular weight is 203 g/mol. The number of carbonyl (C=O) groups is 1. The molecule has 0 bridgehead atoms. The van der Waals surface area contributed by atoms with Gasteiger partial charge < -0.3 is 10.1 Å². The number of amides is 1. The number of hydrogen-bond donors (Lipinski definition) is 1. The van der Waals surface area contributed by atoms with Gasteiger partial charge in [-0.2, -0.15) is 0 Å². The lowest BCUT2D eigenvalue weighted by Crippen LogP contribution is -2.33. The monoisotopic (exact) mass is 203 g/mol. The van der Waals surface area contributed by atoms with E-state index < -0.39 is 11.7 Å². The molecule has 1 N–H and O–H groups in total. The van der Waals surface area contributed by atoms with Crippen LogP contribution >= 0.6 is 0 Å². The Bertz CT molecular complexity index is 213. The molecule has 1 fully saturated rings. The van der Waals surface area contributed by atoms with E-state index >= 15 is 0 Å². The molecule has 0 heterocycles. The van der Waals surface area contributed by atoms with Gasteiger partial charge in [0, 0.05) is 6.54 Å². The van der Waals surface area contributed by atoms with Crippen molar-refractivity contribution >= 4 is 6.09 Å². The highest BCUT2D eigenvalue weighted by atomic mass is 19.1. The fourth-order valence-electron chi connectivity index (χ4n) is 1.28. The van der Waals surface area contributed by atoms with Gasteiger partial charge in [0.25, 0.3) is 0 Å². The second kappa shape index (κ2) is 4.15. The molecule has 0 spiro atoms. The molecule has 1 amide bonds. The molecule has 0 radical (unpaired) electrons. The molecule has 0 aliphatic heterocycles. The lowest BCUT2D eigenvalue weighted by Gasteiger charge is -2.19. The quantitative estimate of drug-likeness (QED) is 0.763. The average Bonchev–Trinajstić information content (AvgIpc) is 2.76. The Kier molecular flexibility index (Phi) is 3.34. The largest absolute Gasteiger partial charge is 0.444 e. The predicted octanol–water partition coefficient (Wildman–Crippen LogP) is 2.12. The van der Waals surface area contributed by atoms with Gasteiger partial charge in [0.15, 0.2) is 0 Å². The first kappa shape index (κ1) is 11.3. The van der Waals surface area contributed by atoms with E-state index in [-0.39, 0.29) is 12.6 Å². The summed E-state index contributed by atoms with van der Waals surface area (Å²) in [4.78, 5) is 11.2.